The van der Waals surface area contributed by atoms with Crippen LogP contribution in [-0.2, 0) is 9.53 Å². The van der Waals surface area contributed by atoms with E-state index in [0.717, 1.165) is 16.8 Å². The molecule has 2 rings (SSSR count). The molecule has 0 unspecified atom stereocenters. The first-order chi connectivity index (χ1) is 10.8. The second kappa shape index (κ2) is 6.64. The van der Waals surface area contributed by atoms with Crippen molar-refractivity contribution in [1.29, 1.82) is 0 Å². The van der Waals surface area contributed by atoms with Gasteiger partial charge in [0, 0.05) is 5.69 Å². The number of carbonyl (C=O) groups excluding carboxylic acids is 2. The molecule has 0 radical (unpaired) electrons. The van der Waals surface area contributed by atoms with Crippen molar-refractivity contribution in [3.05, 3.63) is 46.3 Å². The minimum absolute atomic E-state index is 0.261. The van der Waals surface area contributed by atoms with Gasteiger partial charge in [-0.3, -0.25) is 4.79 Å². The second-order valence-electron chi connectivity index (χ2n) is 5.50. The highest BCUT2D eigenvalue weighted by atomic mass is 16.5. The van der Waals surface area contributed by atoms with Gasteiger partial charge in [0.05, 0.1) is 5.69 Å². The Balaban J connectivity index is 2.07. The summed E-state index contributed by atoms with van der Waals surface area (Å²) in [5, 5.41) is 6.51. The van der Waals surface area contributed by atoms with E-state index in [2.05, 4.69) is 10.5 Å². The summed E-state index contributed by atoms with van der Waals surface area (Å²) in [7, 11) is 0. The van der Waals surface area contributed by atoms with Crippen LogP contribution in [0.5, 0.6) is 0 Å². The third-order valence-corrected chi connectivity index (χ3v) is 3.62. The molecule has 6 nitrogen and oxygen atoms in total. The van der Waals surface area contributed by atoms with Crippen molar-refractivity contribution in [2.45, 2.75) is 40.7 Å². The fourth-order valence-corrected chi connectivity index (χ4v) is 2.28. The predicted octanol–water partition coefficient (Wildman–Crippen LogP) is 3.09. The molecule has 122 valence electrons. The number of hydrogen-bond donors (Lipinski definition) is 1. The van der Waals surface area contributed by atoms with E-state index in [9.17, 15) is 9.59 Å². The second-order valence-corrected chi connectivity index (χ2v) is 5.50. The van der Waals surface area contributed by atoms with Gasteiger partial charge in [0.2, 0.25) is 0 Å². The third kappa shape index (κ3) is 3.59. The summed E-state index contributed by atoms with van der Waals surface area (Å²) < 4.78 is 10.2. The van der Waals surface area contributed by atoms with Crippen molar-refractivity contribution in [3.63, 3.8) is 0 Å². The predicted molar refractivity (Wildman–Crippen MR) is 85.4 cm³/mol. The van der Waals surface area contributed by atoms with Crippen LogP contribution in [0.25, 0.3) is 0 Å². The number of aromatic nitrogens is 1. The fourth-order valence-electron chi connectivity index (χ4n) is 2.28. The Kier molecular flexibility index (Phi) is 4.83. The highest BCUT2D eigenvalue weighted by Gasteiger charge is 2.24. The first-order valence-electron chi connectivity index (χ1n) is 7.32. The van der Waals surface area contributed by atoms with Gasteiger partial charge in [0.15, 0.2) is 6.10 Å². The first-order valence-corrected chi connectivity index (χ1v) is 7.32. The molecule has 1 aromatic heterocycles. The highest BCUT2D eigenvalue weighted by molar-refractivity contribution is 5.98. The number of anilines is 1. The topological polar surface area (TPSA) is 81.4 Å². The molecule has 0 fully saturated rings. The van der Waals surface area contributed by atoms with Gasteiger partial charge in [-0.2, -0.15) is 0 Å². The van der Waals surface area contributed by atoms with E-state index < -0.39 is 12.1 Å². The van der Waals surface area contributed by atoms with Crippen LogP contribution >= 0.6 is 0 Å². The molecule has 0 aliphatic rings. The first kappa shape index (κ1) is 16.7. The number of aryl methyl sites for hydroxylation is 4. The maximum Gasteiger partial charge on any atom is 0.344 e. The lowest BCUT2D eigenvalue weighted by atomic mass is 10.1. The zero-order valence-corrected chi connectivity index (χ0v) is 13.9. The minimum atomic E-state index is -0.935. The lowest BCUT2D eigenvalue weighted by Crippen LogP contribution is -2.30. The van der Waals surface area contributed by atoms with Gasteiger partial charge in [-0.05, 0) is 45.7 Å². The van der Waals surface area contributed by atoms with Gasteiger partial charge in [-0.1, -0.05) is 23.4 Å². The van der Waals surface area contributed by atoms with E-state index in [0.29, 0.717) is 11.5 Å². The molecule has 1 N–H and O–H groups in total. The molecular formula is C17H20N2O4. The van der Waals surface area contributed by atoms with Crippen molar-refractivity contribution in [3.8, 4) is 0 Å². The number of nitrogens with zero attached hydrogens (tertiary/aromatic N) is 1. The van der Waals surface area contributed by atoms with E-state index in [1.807, 2.05) is 32.0 Å². The maximum atomic E-state index is 12.3. The SMILES string of the molecule is Cc1cccc(C)c1NC(=O)[C@@H](C)OC(=O)c1c(C)noc1C. The highest BCUT2D eigenvalue weighted by Crippen LogP contribution is 2.20. The minimum Gasteiger partial charge on any atom is -0.449 e. The van der Waals surface area contributed by atoms with Crippen molar-refractivity contribution >= 4 is 17.6 Å². The Bertz CT molecular complexity index is 709. The number of para-hydroxylation sites is 1. The molecule has 0 spiro atoms. The number of hydrogen-bond acceptors (Lipinski definition) is 5. The number of benzene rings is 1. The van der Waals surface area contributed by atoms with E-state index in [-0.39, 0.29) is 11.5 Å². The van der Waals surface area contributed by atoms with E-state index in [1.165, 1.54) is 6.92 Å². The zero-order valence-electron chi connectivity index (χ0n) is 13.9. The Labute approximate surface area is 134 Å². The molecule has 0 saturated carbocycles. The monoisotopic (exact) mass is 316 g/mol. The van der Waals surface area contributed by atoms with Gasteiger partial charge in [-0.15, -0.1) is 0 Å². The molecule has 1 atom stereocenters. The van der Waals surface area contributed by atoms with Gasteiger partial charge in [0.25, 0.3) is 5.91 Å². The molecule has 0 aliphatic carbocycles. The summed E-state index contributed by atoms with van der Waals surface area (Å²) in [6.07, 6.45) is -0.935. The summed E-state index contributed by atoms with van der Waals surface area (Å²) in [4.78, 5) is 24.4. The molecule has 1 aromatic carbocycles. The van der Waals surface area contributed by atoms with Crippen molar-refractivity contribution < 1.29 is 18.8 Å². The van der Waals surface area contributed by atoms with E-state index in [4.69, 9.17) is 9.26 Å². The molecule has 0 saturated heterocycles. The summed E-state index contributed by atoms with van der Waals surface area (Å²) in [5.41, 5.74) is 3.33. The molecule has 1 heterocycles. The Morgan fingerprint density at radius 2 is 1.78 bits per heavy atom. The van der Waals surface area contributed by atoms with Crippen molar-refractivity contribution in [2.24, 2.45) is 0 Å². The lowest BCUT2D eigenvalue weighted by molar-refractivity contribution is -0.123. The van der Waals surface area contributed by atoms with Crippen molar-refractivity contribution in [2.75, 3.05) is 5.32 Å². The third-order valence-electron chi connectivity index (χ3n) is 3.62. The lowest BCUT2D eigenvalue weighted by Gasteiger charge is -2.16. The molecular weight excluding hydrogens is 296 g/mol. The van der Waals surface area contributed by atoms with Gasteiger partial charge >= 0.3 is 5.97 Å². The van der Waals surface area contributed by atoms with Gasteiger partial charge < -0.3 is 14.6 Å². The van der Waals surface area contributed by atoms with Crippen LogP contribution in [0, 0.1) is 27.7 Å². The van der Waals surface area contributed by atoms with E-state index in [1.54, 1.807) is 13.8 Å². The number of esters is 1. The van der Waals surface area contributed by atoms with Crippen LogP contribution in [0.15, 0.2) is 22.7 Å². The normalized spacial score (nSPS) is 11.9. The number of rotatable bonds is 4. The number of ether oxygens (including phenoxy) is 1. The fraction of sp³-hybridized carbons (Fsp3) is 0.353. The average molecular weight is 316 g/mol. The van der Waals surface area contributed by atoms with Crippen LogP contribution < -0.4 is 5.32 Å². The Morgan fingerprint density at radius 1 is 1.17 bits per heavy atom. The smallest absolute Gasteiger partial charge is 0.344 e. The van der Waals surface area contributed by atoms with Crippen LogP contribution in [0.2, 0.25) is 0 Å². The number of carbonyl (C=O) groups is 2. The molecule has 0 bridgehead atoms. The summed E-state index contributed by atoms with van der Waals surface area (Å²) in [6.45, 7) is 8.61. The molecule has 6 heteroatoms. The standard InChI is InChI=1S/C17H20N2O4/c1-9-7-6-8-10(2)15(9)18-16(20)13(5)22-17(21)14-11(3)19-23-12(14)4/h6-8,13H,1-5H3,(H,18,20)/t13-/m1/s1. The summed E-state index contributed by atoms with van der Waals surface area (Å²) in [5.74, 6) is -0.636. The molecule has 2 aromatic rings. The van der Waals surface area contributed by atoms with Gasteiger partial charge in [-0.25, -0.2) is 4.79 Å². The van der Waals surface area contributed by atoms with Crippen LogP contribution in [0.1, 0.15) is 39.9 Å². The molecule has 1 amide bonds. The van der Waals surface area contributed by atoms with Crippen molar-refractivity contribution in [1.82, 2.24) is 5.16 Å². The molecule has 23 heavy (non-hydrogen) atoms. The summed E-state index contributed by atoms with van der Waals surface area (Å²) >= 11 is 0. The summed E-state index contributed by atoms with van der Waals surface area (Å²) in [6, 6.07) is 5.73. The average Bonchev–Trinajstić information content (AvgIpc) is 2.82. The largest absolute Gasteiger partial charge is 0.449 e. The Hall–Kier alpha value is -2.63. The van der Waals surface area contributed by atoms with Crippen LogP contribution in [0.4, 0.5) is 5.69 Å². The molecule has 0 aliphatic heterocycles. The quantitative estimate of drug-likeness (QED) is 0.877. The van der Waals surface area contributed by atoms with E-state index >= 15 is 0 Å². The zero-order chi connectivity index (χ0) is 17.1. The van der Waals surface area contributed by atoms with Gasteiger partial charge in [0.1, 0.15) is 11.3 Å². The Morgan fingerprint density at radius 3 is 2.30 bits per heavy atom. The number of amides is 1. The maximum absolute atomic E-state index is 12.3. The van der Waals surface area contributed by atoms with Crippen LogP contribution in [0.3, 0.4) is 0 Å². The number of nitrogens with one attached hydrogen (secondary N) is 1. The van der Waals surface area contributed by atoms with Crippen LogP contribution in [-0.4, -0.2) is 23.1 Å².